The predicted octanol–water partition coefficient (Wildman–Crippen LogP) is 3.91. The molecule has 1 N–H and O–H groups in total. The van der Waals surface area contributed by atoms with E-state index in [2.05, 4.69) is 15.3 Å². The number of nitrogens with one attached hydrogen (secondary N) is 1. The second-order valence-electron chi connectivity index (χ2n) is 6.72. The fraction of sp³-hybridized carbons (Fsp3) is 0.368. The van der Waals surface area contributed by atoms with Gasteiger partial charge in [0.1, 0.15) is 17.3 Å². The Hall–Kier alpha value is -2.48. The highest BCUT2D eigenvalue weighted by Gasteiger charge is 2.33. The molecule has 9 heteroatoms. The van der Waals surface area contributed by atoms with Crippen molar-refractivity contribution in [3.8, 4) is 0 Å². The minimum absolute atomic E-state index is 0.0535. The number of hydrogen-bond donors (Lipinski definition) is 1. The van der Waals surface area contributed by atoms with E-state index < -0.39 is 22.7 Å². The number of alkyl halides is 3. The van der Waals surface area contributed by atoms with Crippen molar-refractivity contribution in [3.05, 3.63) is 57.6 Å². The number of nitrogens with zero attached hydrogens (tertiary/aromatic N) is 2. The van der Waals surface area contributed by atoms with Gasteiger partial charge in [-0.05, 0) is 43.5 Å². The van der Waals surface area contributed by atoms with Crippen LogP contribution in [0.5, 0.6) is 0 Å². The summed E-state index contributed by atoms with van der Waals surface area (Å²) in [6.45, 7) is 1.55. The molecule has 1 aromatic heterocycles. The highest BCUT2D eigenvalue weighted by molar-refractivity contribution is 6.31. The van der Waals surface area contributed by atoms with Gasteiger partial charge in [-0.25, -0.2) is 9.97 Å². The second-order valence-corrected chi connectivity index (χ2v) is 7.13. The molecule has 1 aliphatic carbocycles. The largest absolute Gasteiger partial charge is 0.417 e. The first kappa shape index (κ1) is 20.3. The zero-order chi connectivity index (χ0) is 20.5. The molecule has 0 saturated heterocycles. The van der Waals surface area contributed by atoms with E-state index in [9.17, 15) is 22.8 Å². The lowest BCUT2D eigenvalue weighted by atomic mass is 10.1. The van der Waals surface area contributed by atoms with E-state index in [0.29, 0.717) is 5.69 Å². The monoisotopic (exact) mass is 411 g/mol. The standard InChI is InChI=1S/C19H17ClF3N3O2/c1-10-6-15(26-17(25-10)8-16(27)12-3-4-12)18(28)24-9-11-2-5-14(20)13(7-11)19(21,22)23/h2,5-7,12H,3-4,8-9H2,1H3,(H,24,28). The molecular formula is C19H17ClF3N3O2. The van der Waals surface area contributed by atoms with E-state index in [-0.39, 0.29) is 41.7 Å². The van der Waals surface area contributed by atoms with Crippen LogP contribution >= 0.6 is 11.6 Å². The second kappa shape index (κ2) is 7.87. The number of carbonyl (C=O) groups is 2. The highest BCUT2D eigenvalue weighted by Crippen LogP contribution is 2.35. The summed E-state index contributed by atoms with van der Waals surface area (Å²) < 4.78 is 38.8. The smallest absolute Gasteiger partial charge is 0.347 e. The fourth-order valence-corrected chi connectivity index (χ4v) is 2.93. The van der Waals surface area contributed by atoms with Crippen molar-refractivity contribution in [1.82, 2.24) is 15.3 Å². The first-order valence-electron chi connectivity index (χ1n) is 8.64. The van der Waals surface area contributed by atoms with Gasteiger partial charge < -0.3 is 5.32 Å². The first-order valence-corrected chi connectivity index (χ1v) is 9.02. The Labute approximate surface area is 164 Å². The number of hydrogen-bond acceptors (Lipinski definition) is 4. The molecule has 0 aliphatic heterocycles. The Balaban J connectivity index is 1.69. The van der Waals surface area contributed by atoms with Gasteiger partial charge >= 0.3 is 6.18 Å². The number of halogens is 4. The summed E-state index contributed by atoms with van der Waals surface area (Å²) in [5, 5.41) is 2.13. The SMILES string of the molecule is Cc1cc(C(=O)NCc2ccc(Cl)c(C(F)(F)F)c2)nc(CC(=O)C2CC2)n1. The highest BCUT2D eigenvalue weighted by atomic mass is 35.5. The number of ketones is 1. The Morgan fingerprint density at radius 3 is 2.57 bits per heavy atom. The molecule has 0 bridgehead atoms. The molecule has 5 nitrogen and oxygen atoms in total. The third-order valence-electron chi connectivity index (χ3n) is 4.29. The lowest BCUT2D eigenvalue weighted by Crippen LogP contribution is -2.25. The van der Waals surface area contributed by atoms with E-state index >= 15 is 0 Å². The van der Waals surface area contributed by atoms with E-state index in [0.717, 1.165) is 25.0 Å². The summed E-state index contributed by atoms with van der Waals surface area (Å²) in [4.78, 5) is 32.6. The van der Waals surface area contributed by atoms with Crippen LogP contribution in [0, 0.1) is 12.8 Å². The van der Waals surface area contributed by atoms with E-state index in [1.54, 1.807) is 6.92 Å². The van der Waals surface area contributed by atoms with Crippen molar-refractivity contribution in [1.29, 1.82) is 0 Å². The van der Waals surface area contributed by atoms with Crippen molar-refractivity contribution in [3.63, 3.8) is 0 Å². The molecule has 1 fully saturated rings. The number of benzene rings is 1. The lowest BCUT2D eigenvalue weighted by Gasteiger charge is -2.12. The van der Waals surface area contributed by atoms with Gasteiger partial charge in [-0.15, -0.1) is 0 Å². The molecule has 28 heavy (non-hydrogen) atoms. The summed E-state index contributed by atoms with van der Waals surface area (Å²) in [6, 6.07) is 4.90. The maximum atomic E-state index is 12.9. The zero-order valence-electron chi connectivity index (χ0n) is 14.9. The molecule has 0 spiro atoms. The van der Waals surface area contributed by atoms with Crippen LogP contribution in [-0.4, -0.2) is 21.7 Å². The molecule has 1 aliphatic rings. The molecule has 2 aromatic rings. The Bertz CT molecular complexity index is 927. The molecule has 3 rings (SSSR count). The van der Waals surface area contributed by atoms with Gasteiger partial charge in [-0.3, -0.25) is 9.59 Å². The van der Waals surface area contributed by atoms with Crippen LogP contribution in [0.1, 0.15) is 46.0 Å². The molecule has 1 amide bonds. The topological polar surface area (TPSA) is 72.0 Å². The summed E-state index contributed by atoms with van der Waals surface area (Å²) in [6.07, 6.45) is -2.76. The number of aromatic nitrogens is 2. The normalized spacial score (nSPS) is 14.0. The number of aryl methyl sites for hydroxylation is 1. The Morgan fingerprint density at radius 1 is 1.21 bits per heavy atom. The Kier molecular flexibility index (Phi) is 5.69. The summed E-state index contributed by atoms with van der Waals surface area (Å²) in [5.74, 6) is -0.172. The minimum atomic E-state index is -4.58. The van der Waals surface area contributed by atoms with Gasteiger partial charge in [-0.1, -0.05) is 17.7 Å². The average molecular weight is 412 g/mol. The van der Waals surface area contributed by atoms with E-state index in [1.807, 2.05) is 0 Å². The first-order chi connectivity index (χ1) is 13.1. The fourth-order valence-electron chi connectivity index (χ4n) is 2.70. The van der Waals surface area contributed by atoms with Crippen LogP contribution in [0.2, 0.25) is 5.02 Å². The van der Waals surface area contributed by atoms with Gasteiger partial charge in [0.05, 0.1) is 17.0 Å². The minimum Gasteiger partial charge on any atom is -0.347 e. The summed E-state index contributed by atoms with van der Waals surface area (Å²) in [7, 11) is 0. The molecule has 1 aromatic carbocycles. The predicted molar refractivity (Wildman–Crippen MR) is 95.8 cm³/mol. The third-order valence-corrected chi connectivity index (χ3v) is 4.62. The van der Waals surface area contributed by atoms with Gasteiger partial charge in [-0.2, -0.15) is 13.2 Å². The summed E-state index contributed by atoms with van der Waals surface area (Å²) in [5.41, 5.74) is -0.111. The Morgan fingerprint density at radius 2 is 1.93 bits per heavy atom. The van der Waals surface area contributed by atoms with Crippen LogP contribution in [0.4, 0.5) is 13.2 Å². The van der Waals surface area contributed by atoms with E-state index in [1.165, 1.54) is 12.1 Å². The zero-order valence-corrected chi connectivity index (χ0v) is 15.7. The van der Waals surface area contributed by atoms with Crippen LogP contribution in [0.25, 0.3) is 0 Å². The number of carbonyl (C=O) groups excluding carboxylic acids is 2. The quantitative estimate of drug-likeness (QED) is 0.782. The number of amides is 1. The van der Waals surface area contributed by atoms with Gasteiger partial charge in [0.15, 0.2) is 0 Å². The molecule has 0 radical (unpaired) electrons. The van der Waals surface area contributed by atoms with Crippen molar-refractivity contribution in [2.75, 3.05) is 0 Å². The molecule has 1 heterocycles. The van der Waals surface area contributed by atoms with Gasteiger partial charge in [0, 0.05) is 18.2 Å². The van der Waals surface area contributed by atoms with Crippen molar-refractivity contribution < 1.29 is 22.8 Å². The number of Topliss-reactive ketones (excluding diaryl/α,β-unsaturated/α-hetero) is 1. The van der Waals surface area contributed by atoms with Gasteiger partial charge in [0.25, 0.3) is 5.91 Å². The third kappa shape index (κ3) is 5.07. The van der Waals surface area contributed by atoms with Crippen molar-refractivity contribution >= 4 is 23.3 Å². The molecular weight excluding hydrogens is 395 g/mol. The molecule has 148 valence electrons. The summed E-state index contributed by atoms with van der Waals surface area (Å²) >= 11 is 5.59. The molecule has 0 atom stereocenters. The van der Waals surface area contributed by atoms with Crippen LogP contribution in [0.3, 0.4) is 0 Å². The van der Waals surface area contributed by atoms with Crippen molar-refractivity contribution in [2.45, 2.75) is 38.9 Å². The maximum Gasteiger partial charge on any atom is 0.417 e. The van der Waals surface area contributed by atoms with Crippen LogP contribution in [-0.2, 0) is 23.9 Å². The molecule has 1 saturated carbocycles. The molecule has 0 unspecified atom stereocenters. The maximum absolute atomic E-state index is 12.9. The van der Waals surface area contributed by atoms with Crippen molar-refractivity contribution in [2.24, 2.45) is 5.92 Å². The van der Waals surface area contributed by atoms with Gasteiger partial charge in [0.2, 0.25) is 0 Å². The van der Waals surface area contributed by atoms with Crippen LogP contribution < -0.4 is 5.32 Å². The number of rotatable bonds is 6. The van der Waals surface area contributed by atoms with Crippen LogP contribution in [0.15, 0.2) is 24.3 Å². The lowest BCUT2D eigenvalue weighted by molar-refractivity contribution is -0.137. The van der Waals surface area contributed by atoms with E-state index in [4.69, 9.17) is 11.6 Å². The average Bonchev–Trinajstić information content (AvgIpc) is 3.44.